The maximum atomic E-state index is 12.2. The molecule has 5 heteroatoms. The molecule has 0 unspecified atom stereocenters. The number of halogens is 2. The number of nitrogens with one attached hydrogen (secondary N) is 1. The van der Waals surface area contributed by atoms with Gasteiger partial charge in [-0.3, -0.25) is 4.98 Å². The molecule has 0 amide bonds. The van der Waals surface area contributed by atoms with Crippen molar-refractivity contribution in [1.82, 2.24) is 4.98 Å². The molecule has 0 saturated carbocycles. The fourth-order valence-electron chi connectivity index (χ4n) is 2.09. The van der Waals surface area contributed by atoms with Crippen molar-refractivity contribution in [1.29, 1.82) is 0 Å². The number of alkyl halides is 2. The first-order valence-corrected chi connectivity index (χ1v) is 6.38. The van der Waals surface area contributed by atoms with Gasteiger partial charge < -0.3 is 10.1 Å². The summed E-state index contributed by atoms with van der Waals surface area (Å²) in [5, 5.41) is 4.11. The van der Waals surface area contributed by atoms with Gasteiger partial charge in [0.2, 0.25) is 0 Å². The summed E-state index contributed by atoms with van der Waals surface area (Å²) in [6.07, 6.45) is 1.62. The zero-order valence-corrected chi connectivity index (χ0v) is 11.0. The van der Waals surface area contributed by atoms with Gasteiger partial charge in [0.1, 0.15) is 5.75 Å². The fourth-order valence-corrected chi connectivity index (χ4v) is 2.09. The number of fused-ring (bicyclic) bond motifs is 1. The van der Waals surface area contributed by atoms with Crippen LogP contribution in [-0.2, 0) is 0 Å². The highest BCUT2D eigenvalue weighted by molar-refractivity contribution is 5.93. The van der Waals surface area contributed by atoms with E-state index in [1.807, 2.05) is 36.4 Å². The number of anilines is 2. The van der Waals surface area contributed by atoms with Gasteiger partial charge in [-0.25, -0.2) is 0 Å². The Morgan fingerprint density at radius 2 is 1.81 bits per heavy atom. The molecule has 0 radical (unpaired) electrons. The van der Waals surface area contributed by atoms with Gasteiger partial charge in [-0.1, -0.05) is 18.2 Å². The van der Waals surface area contributed by atoms with E-state index in [4.69, 9.17) is 0 Å². The van der Waals surface area contributed by atoms with Gasteiger partial charge in [-0.15, -0.1) is 0 Å². The van der Waals surface area contributed by atoms with Crippen LogP contribution in [0.5, 0.6) is 5.75 Å². The smallest absolute Gasteiger partial charge is 0.387 e. The van der Waals surface area contributed by atoms with E-state index in [0.717, 1.165) is 16.8 Å². The highest BCUT2D eigenvalue weighted by Crippen LogP contribution is 2.28. The minimum absolute atomic E-state index is 0.0989. The van der Waals surface area contributed by atoms with E-state index < -0.39 is 6.61 Å². The lowest BCUT2D eigenvalue weighted by Gasteiger charge is -2.10. The van der Waals surface area contributed by atoms with Crippen molar-refractivity contribution >= 4 is 22.3 Å². The average molecular weight is 286 g/mol. The van der Waals surface area contributed by atoms with E-state index in [1.165, 1.54) is 12.1 Å². The third kappa shape index (κ3) is 3.08. The predicted octanol–water partition coefficient (Wildman–Crippen LogP) is 4.58. The van der Waals surface area contributed by atoms with Crippen LogP contribution in [0.2, 0.25) is 0 Å². The number of benzene rings is 2. The van der Waals surface area contributed by atoms with Gasteiger partial charge in [-0.05, 0) is 30.3 Å². The van der Waals surface area contributed by atoms with Crippen LogP contribution in [0.4, 0.5) is 20.2 Å². The normalized spacial score (nSPS) is 10.8. The topological polar surface area (TPSA) is 34.1 Å². The fraction of sp³-hybridized carbons (Fsp3) is 0.0625. The van der Waals surface area contributed by atoms with Gasteiger partial charge in [0.15, 0.2) is 0 Å². The molecule has 2 aromatic carbocycles. The van der Waals surface area contributed by atoms with Crippen molar-refractivity contribution in [2.45, 2.75) is 6.61 Å². The van der Waals surface area contributed by atoms with Gasteiger partial charge in [0.25, 0.3) is 0 Å². The molecular formula is C16H12F2N2O. The van der Waals surface area contributed by atoms with Crippen LogP contribution in [0, 0.1) is 0 Å². The molecule has 1 heterocycles. The molecule has 1 N–H and O–H groups in total. The molecule has 0 aliphatic rings. The second kappa shape index (κ2) is 5.75. The number of hydrogen-bond donors (Lipinski definition) is 1. The summed E-state index contributed by atoms with van der Waals surface area (Å²) in [5.41, 5.74) is 2.39. The summed E-state index contributed by atoms with van der Waals surface area (Å²) >= 11 is 0. The Bertz CT molecular complexity index is 748. The molecule has 3 rings (SSSR count). The van der Waals surface area contributed by atoms with Crippen LogP contribution in [0.25, 0.3) is 10.9 Å². The Kier molecular flexibility index (Phi) is 3.64. The molecule has 0 bridgehead atoms. The Balaban J connectivity index is 1.96. The summed E-state index contributed by atoms with van der Waals surface area (Å²) in [5.74, 6) is 0.0989. The van der Waals surface area contributed by atoms with Crippen molar-refractivity contribution in [3.8, 4) is 5.75 Å². The van der Waals surface area contributed by atoms with Crippen molar-refractivity contribution in [2.24, 2.45) is 0 Å². The largest absolute Gasteiger partial charge is 0.435 e. The van der Waals surface area contributed by atoms with Crippen LogP contribution in [0.15, 0.2) is 60.8 Å². The maximum Gasteiger partial charge on any atom is 0.387 e. The number of hydrogen-bond acceptors (Lipinski definition) is 3. The molecule has 0 fully saturated rings. The van der Waals surface area contributed by atoms with Crippen LogP contribution in [-0.4, -0.2) is 11.6 Å². The lowest BCUT2D eigenvalue weighted by atomic mass is 10.1. The van der Waals surface area contributed by atoms with Crippen LogP contribution < -0.4 is 10.1 Å². The molecule has 1 aromatic heterocycles. The van der Waals surface area contributed by atoms with Gasteiger partial charge >= 0.3 is 6.61 Å². The second-order valence-corrected chi connectivity index (χ2v) is 4.41. The van der Waals surface area contributed by atoms with E-state index in [-0.39, 0.29) is 5.75 Å². The molecule has 3 aromatic rings. The minimum Gasteiger partial charge on any atom is -0.435 e. The number of pyridine rings is 1. The summed E-state index contributed by atoms with van der Waals surface area (Å²) in [7, 11) is 0. The van der Waals surface area contributed by atoms with Gasteiger partial charge in [0, 0.05) is 29.0 Å². The average Bonchev–Trinajstić information content (AvgIpc) is 2.48. The Labute approximate surface area is 120 Å². The monoisotopic (exact) mass is 286 g/mol. The maximum absolute atomic E-state index is 12.2. The summed E-state index contributed by atoms with van der Waals surface area (Å²) in [4.78, 5) is 4.19. The SMILES string of the molecule is FC(F)Oc1ccc2c(Nc3ccccc3)ccnc2c1. The number of rotatable bonds is 4. The Morgan fingerprint density at radius 3 is 2.57 bits per heavy atom. The highest BCUT2D eigenvalue weighted by Gasteiger charge is 2.07. The molecule has 0 saturated heterocycles. The first-order chi connectivity index (χ1) is 10.2. The lowest BCUT2D eigenvalue weighted by Crippen LogP contribution is -2.01. The number of aromatic nitrogens is 1. The molecule has 0 aliphatic heterocycles. The summed E-state index contributed by atoms with van der Waals surface area (Å²) in [6.45, 7) is -2.84. The first kappa shape index (κ1) is 13.3. The molecule has 3 nitrogen and oxygen atoms in total. The van der Waals surface area contributed by atoms with E-state index in [9.17, 15) is 8.78 Å². The Hall–Kier alpha value is -2.69. The summed E-state index contributed by atoms with van der Waals surface area (Å²) in [6, 6.07) is 16.2. The highest BCUT2D eigenvalue weighted by atomic mass is 19.3. The van der Waals surface area contributed by atoms with Crippen LogP contribution >= 0.6 is 0 Å². The molecule has 106 valence electrons. The van der Waals surface area contributed by atoms with Crippen molar-refractivity contribution in [3.63, 3.8) is 0 Å². The van der Waals surface area contributed by atoms with Crippen molar-refractivity contribution in [3.05, 3.63) is 60.8 Å². The zero-order chi connectivity index (χ0) is 14.7. The standard InChI is InChI=1S/C16H12F2N2O/c17-16(18)21-12-6-7-13-14(8-9-19-15(13)10-12)20-11-4-2-1-3-5-11/h1-10,16H,(H,19,20). The second-order valence-electron chi connectivity index (χ2n) is 4.41. The molecule has 0 atom stereocenters. The lowest BCUT2D eigenvalue weighted by molar-refractivity contribution is -0.0497. The predicted molar refractivity (Wildman–Crippen MR) is 78.1 cm³/mol. The molecular weight excluding hydrogens is 274 g/mol. The van der Waals surface area contributed by atoms with E-state index in [1.54, 1.807) is 12.3 Å². The third-order valence-corrected chi connectivity index (χ3v) is 2.99. The van der Waals surface area contributed by atoms with Crippen molar-refractivity contribution in [2.75, 3.05) is 5.32 Å². The number of nitrogens with zero attached hydrogens (tertiary/aromatic N) is 1. The first-order valence-electron chi connectivity index (χ1n) is 6.38. The molecule has 0 aliphatic carbocycles. The third-order valence-electron chi connectivity index (χ3n) is 2.99. The summed E-state index contributed by atoms with van der Waals surface area (Å²) < 4.78 is 28.9. The zero-order valence-electron chi connectivity index (χ0n) is 11.0. The van der Waals surface area contributed by atoms with E-state index in [2.05, 4.69) is 15.0 Å². The minimum atomic E-state index is -2.84. The molecule has 0 spiro atoms. The van der Waals surface area contributed by atoms with E-state index in [0.29, 0.717) is 5.52 Å². The van der Waals surface area contributed by atoms with Crippen LogP contribution in [0.3, 0.4) is 0 Å². The molecule has 21 heavy (non-hydrogen) atoms. The number of ether oxygens (including phenoxy) is 1. The van der Waals surface area contributed by atoms with Gasteiger partial charge in [-0.2, -0.15) is 8.78 Å². The van der Waals surface area contributed by atoms with Crippen molar-refractivity contribution < 1.29 is 13.5 Å². The van der Waals surface area contributed by atoms with E-state index >= 15 is 0 Å². The quantitative estimate of drug-likeness (QED) is 0.762. The van der Waals surface area contributed by atoms with Gasteiger partial charge in [0.05, 0.1) is 5.52 Å². The number of para-hydroxylation sites is 1. The van der Waals surface area contributed by atoms with Crippen LogP contribution in [0.1, 0.15) is 0 Å². The Morgan fingerprint density at radius 1 is 1.00 bits per heavy atom.